The van der Waals surface area contributed by atoms with Crippen LogP contribution in [0.3, 0.4) is 0 Å². The van der Waals surface area contributed by atoms with Gasteiger partial charge in [0.1, 0.15) is 6.26 Å². The van der Waals surface area contributed by atoms with Crippen LogP contribution in [-0.4, -0.2) is 13.4 Å². The number of nitrogens with zero attached hydrogens (tertiary/aromatic N) is 1. The Morgan fingerprint density at radius 3 is 2.58 bits per heavy atom. The fraction of sp³-hybridized carbons (Fsp3) is 0.182. The van der Waals surface area contributed by atoms with Crippen LogP contribution in [0.1, 0.15) is 11.3 Å². The highest BCUT2D eigenvalue weighted by Crippen LogP contribution is 2.27. The Balaban J connectivity index is 2.40. The minimum absolute atomic E-state index is 0.0450. The van der Waals surface area contributed by atoms with Gasteiger partial charge in [0.15, 0.2) is 0 Å². The molecule has 3 N–H and O–H groups in total. The van der Waals surface area contributed by atoms with Gasteiger partial charge in [0.05, 0.1) is 10.6 Å². The summed E-state index contributed by atoms with van der Waals surface area (Å²) in [6.07, 6.45) is 1.34. The van der Waals surface area contributed by atoms with Crippen LogP contribution in [0.15, 0.2) is 27.7 Å². The summed E-state index contributed by atoms with van der Waals surface area (Å²) >= 11 is 5.92. The Morgan fingerprint density at radius 2 is 2.05 bits per heavy atom. The number of nitrogens with two attached hydrogens (primary N) is 1. The van der Waals surface area contributed by atoms with Gasteiger partial charge in [-0.2, -0.15) is 4.98 Å². The highest BCUT2D eigenvalue weighted by molar-refractivity contribution is 7.92. The van der Waals surface area contributed by atoms with Crippen molar-refractivity contribution in [3.8, 4) is 0 Å². The minimum Gasteiger partial charge on any atom is -0.431 e. The second kappa shape index (κ2) is 4.75. The average Bonchev–Trinajstić information content (AvgIpc) is 2.70. The van der Waals surface area contributed by atoms with E-state index in [0.717, 1.165) is 0 Å². The van der Waals surface area contributed by atoms with E-state index in [9.17, 15) is 8.42 Å². The summed E-state index contributed by atoms with van der Waals surface area (Å²) in [4.78, 5) is 3.82. The molecule has 19 heavy (non-hydrogen) atoms. The van der Waals surface area contributed by atoms with Crippen LogP contribution in [0.2, 0.25) is 5.02 Å². The monoisotopic (exact) mass is 301 g/mol. The first-order valence-electron chi connectivity index (χ1n) is 5.30. The highest BCUT2D eigenvalue weighted by Gasteiger charge is 2.19. The Morgan fingerprint density at radius 1 is 1.37 bits per heavy atom. The molecule has 0 aliphatic heterocycles. The van der Waals surface area contributed by atoms with Crippen molar-refractivity contribution in [1.29, 1.82) is 0 Å². The molecule has 0 atom stereocenters. The summed E-state index contributed by atoms with van der Waals surface area (Å²) in [7, 11) is -3.83. The Labute approximate surface area is 115 Å². The third-order valence-electron chi connectivity index (χ3n) is 2.51. The van der Waals surface area contributed by atoms with Gasteiger partial charge in [0, 0.05) is 10.7 Å². The van der Waals surface area contributed by atoms with E-state index in [0.29, 0.717) is 16.9 Å². The molecule has 0 fully saturated rings. The first-order valence-corrected chi connectivity index (χ1v) is 7.16. The summed E-state index contributed by atoms with van der Waals surface area (Å²) in [6, 6.07) is 2.55. The number of hydrogen-bond acceptors (Lipinski definition) is 5. The van der Waals surface area contributed by atoms with Crippen molar-refractivity contribution >= 4 is 33.3 Å². The van der Waals surface area contributed by atoms with E-state index in [1.807, 2.05) is 0 Å². The standard InChI is InChI=1S/C11H12ClN3O3S/c1-6-5-18-11(14-6)15-19(16,17)8-3-9(12)7(2)10(13)4-8/h3-5H,13H2,1-2H3,(H,14,15). The molecule has 0 saturated carbocycles. The van der Waals surface area contributed by atoms with E-state index in [1.165, 1.54) is 18.4 Å². The largest absolute Gasteiger partial charge is 0.431 e. The van der Waals surface area contributed by atoms with Crippen molar-refractivity contribution in [3.63, 3.8) is 0 Å². The molecule has 0 radical (unpaired) electrons. The lowest BCUT2D eigenvalue weighted by Gasteiger charge is -2.08. The predicted octanol–water partition coefficient (Wildman–Crippen LogP) is 2.33. The lowest BCUT2D eigenvalue weighted by molar-refractivity contribution is 0.569. The van der Waals surface area contributed by atoms with E-state index in [-0.39, 0.29) is 15.9 Å². The molecule has 0 spiro atoms. The molecule has 0 aliphatic rings. The van der Waals surface area contributed by atoms with E-state index in [4.69, 9.17) is 21.8 Å². The van der Waals surface area contributed by atoms with Crippen molar-refractivity contribution < 1.29 is 12.8 Å². The number of sulfonamides is 1. The Hall–Kier alpha value is -1.73. The SMILES string of the molecule is Cc1coc(NS(=O)(=O)c2cc(N)c(C)c(Cl)c2)n1. The summed E-state index contributed by atoms with van der Waals surface area (Å²) in [5.74, 6) is 0. The van der Waals surface area contributed by atoms with E-state index in [1.54, 1.807) is 13.8 Å². The van der Waals surface area contributed by atoms with Gasteiger partial charge in [0.25, 0.3) is 10.0 Å². The van der Waals surface area contributed by atoms with Gasteiger partial charge < -0.3 is 10.2 Å². The van der Waals surface area contributed by atoms with Gasteiger partial charge in [0.2, 0.25) is 0 Å². The topological polar surface area (TPSA) is 98.2 Å². The molecule has 6 nitrogen and oxygen atoms in total. The van der Waals surface area contributed by atoms with Crippen molar-refractivity contribution in [2.45, 2.75) is 18.7 Å². The second-order valence-corrected chi connectivity index (χ2v) is 6.11. The third kappa shape index (κ3) is 2.82. The zero-order valence-electron chi connectivity index (χ0n) is 10.3. The first kappa shape index (κ1) is 13.7. The van der Waals surface area contributed by atoms with E-state index < -0.39 is 10.0 Å². The maximum Gasteiger partial charge on any atom is 0.309 e. The molecule has 1 heterocycles. The van der Waals surface area contributed by atoms with Crippen molar-refractivity contribution in [1.82, 2.24) is 4.98 Å². The van der Waals surface area contributed by atoms with Crippen molar-refractivity contribution in [2.75, 3.05) is 10.5 Å². The molecule has 1 aromatic heterocycles. The van der Waals surface area contributed by atoms with Gasteiger partial charge in [-0.15, -0.1) is 0 Å². The number of halogens is 1. The number of oxazole rings is 1. The van der Waals surface area contributed by atoms with Crippen LogP contribution >= 0.6 is 11.6 Å². The second-order valence-electron chi connectivity index (χ2n) is 4.02. The van der Waals surface area contributed by atoms with Gasteiger partial charge >= 0.3 is 6.01 Å². The maximum atomic E-state index is 12.1. The molecule has 0 aliphatic carbocycles. The summed E-state index contributed by atoms with van der Waals surface area (Å²) in [6.45, 7) is 3.39. The Bertz CT molecular complexity index is 702. The fourth-order valence-corrected chi connectivity index (χ4v) is 2.69. The smallest absolute Gasteiger partial charge is 0.309 e. The molecule has 0 saturated heterocycles. The molecule has 8 heteroatoms. The zero-order valence-corrected chi connectivity index (χ0v) is 11.8. The molecule has 0 unspecified atom stereocenters. The van der Waals surface area contributed by atoms with Gasteiger partial charge in [-0.1, -0.05) is 11.6 Å². The number of nitrogen functional groups attached to an aromatic ring is 1. The lowest BCUT2D eigenvalue weighted by Crippen LogP contribution is -2.14. The van der Waals surface area contributed by atoms with Crippen molar-refractivity contribution in [2.24, 2.45) is 0 Å². The van der Waals surface area contributed by atoms with Crippen molar-refractivity contribution in [3.05, 3.63) is 34.7 Å². The number of benzene rings is 1. The molecule has 0 amide bonds. The van der Waals surface area contributed by atoms with Gasteiger partial charge in [-0.05, 0) is 31.5 Å². The van der Waals surface area contributed by atoms with Crippen LogP contribution in [-0.2, 0) is 10.0 Å². The molecule has 2 rings (SSSR count). The van der Waals surface area contributed by atoms with Gasteiger partial charge in [-0.3, -0.25) is 0 Å². The molecular weight excluding hydrogens is 290 g/mol. The maximum absolute atomic E-state index is 12.1. The van der Waals surface area contributed by atoms with Crippen LogP contribution in [0.4, 0.5) is 11.7 Å². The molecule has 102 valence electrons. The van der Waals surface area contributed by atoms with Crippen LogP contribution in [0.5, 0.6) is 0 Å². The lowest BCUT2D eigenvalue weighted by atomic mass is 10.2. The summed E-state index contributed by atoms with van der Waals surface area (Å²) < 4.78 is 31.4. The number of hydrogen-bond donors (Lipinski definition) is 2. The molecular formula is C11H12ClN3O3S. The normalized spacial score (nSPS) is 11.5. The van der Waals surface area contributed by atoms with Gasteiger partial charge in [-0.25, -0.2) is 13.1 Å². The van der Waals surface area contributed by atoms with Crippen LogP contribution in [0, 0.1) is 13.8 Å². The number of nitrogens with one attached hydrogen (secondary N) is 1. The average molecular weight is 302 g/mol. The quantitative estimate of drug-likeness (QED) is 0.848. The highest BCUT2D eigenvalue weighted by atomic mass is 35.5. The van der Waals surface area contributed by atoms with E-state index in [2.05, 4.69) is 9.71 Å². The summed E-state index contributed by atoms with van der Waals surface area (Å²) in [5, 5.41) is 0.281. The fourth-order valence-electron chi connectivity index (χ4n) is 1.40. The van der Waals surface area contributed by atoms with E-state index >= 15 is 0 Å². The third-order valence-corrected chi connectivity index (χ3v) is 4.20. The zero-order chi connectivity index (χ0) is 14.2. The predicted molar refractivity (Wildman–Crippen MR) is 72.6 cm³/mol. The minimum atomic E-state index is -3.83. The van der Waals surface area contributed by atoms with Crippen LogP contribution < -0.4 is 10.5 Å². The molecule has 0 bridgehead atoms. The summed E-state index contributed by atoms with van der Waals surface area (Å²) in [5.41, 5.74) is 7.20. The molecule has 2 aromatic rings. The van der Waals surface area contributed by atoms with Crippen LogP contribution in [0.25, 0.3) is 0 Å². The first-order chi connectivity index (χ1) is 8.79. The number of rotatable bonds is 3. The number of aryl methyl sites for hydroxylation is 1. The Kier molecular flexibility index (Phi) is 3.42. The number of anilines is 2. The number of aromatic nitrogens is 1. The molecule has 1 aromatic carbocycles.